The molecule has 2 atom stereocenters. The summed E-state index contributed by atoms with van der Waals surface area (Å²) in [6.45, 7) is 4.24. The van der Waals surface area contributed by atoms with Gasteiger partial charge in [0.05, 0.1) is 0 Å². The number of nitrogens with zero attached hydrogens (tertiary/aromatic N) is 1. The lowest BCUT2D eigenvalue weighted by molar-refractivity contribution is -0.146. The van der Waals surface area contributed by atoms with Crippen molar-refractivity contribution in [1.29, 1.82) is 0 Å². The molecule has 0 aromatic heterocycles. The quantitative estimate of drug-likeness (QED) is 0.742. The molecular weight excluding hydrogens is 220 g/mol. The molecular formula is C12H22N2O3. The van der Waals surface area contributed by atoms with Crippen LogP contribution in [0, 0.1) is 11.8 Å². The Balaban J connectivity index is 2.61. The zero-order chi connectivity index (χ0) is 13.0. The highest BCUT2D eigenvalue weighted by atomic mass is 16.4. The summed E-state index contributed by atoms with van der Waals surface area (Å²) < 4.78 is 0. The number of carboxylic acid groups (broad SMARTS) is 1. The van der Waals surface area contributed by atoms with Crippen LogP contribution in [0.15, 0.2) is 0 Å². The molecule has 17 heavy (non-hydrogen) atoms. The summed E-state index contributed by atoms with van der Waals surface area (Å²) in [5.74, 6) is -0.813. The van der Waals surface area contributed by atoms with Crippen molar-refractivity contribution in [3.63, 3.8) is 0 Å². The van der Waals surface area contributed by atoms with Gasteiger partial charge in [-0.15, -0.1) is 0 Å². The Morgan fingerprint density at radius 3 is 2.47 bits per heavy atom. The van der Waals surface area contributed by atoms with Crippen molar-refractivity contribution in [3.05, 3.63) is 0 Å². The first-order valence-electron chi connectivity index (χ1n) is 6.16. The largest absolute Gasteiger partial charge is 0.480 e. The fourth-order valence-corrected chi connectivity index (χ4v) is 2.34. The molecule has 1 rings (SSSR count). The average molecular weight is 242 g/mol. The fourth-order valence-electron chi connectivity index (χ4n) is 2.34. The molecule has 1 saturated carbocycles. The van der Waals surface area contributed by atoms with Crippen molar-refractivity contribution in [3.8, 4) is 0 Å². The summed E-state index contributed by atoms with van der Waals surface area (Å²) >= 11 is 0. The highest BCUT2D eigenvalue weighted by molar-refractivity contribution is 5.83. The van der Waals surface area contributed by atoms with E-state index >= 15 is 0 Å². The molecule has 0 aromatic carbocycles. The second-order valence-electron chi connectivity index (χ2n) is 5.28. The molecule has 98 valence electrons. The van der Waals surface area contributed by atoms with Gasteiger partial charge in [0.25, 0.3) is 0 Å². The van der Waals surface area contributed by atoms with Gasteiger partial charge in [0.1, 0.15) is 6.54 Å². The van der Waals surface area contributed by atoms with Gasteiger partial charge in [-0.1, -0.05) is 13.8 Å². The third-order valence-electron chi connectivity index (χ3n) is 3.05. The van der Waals surface area contributed by atoms with Crippen LogP contribution >= 0.6 is 0 Å². The Hall–Kier alpha value is -1.10. The molecule has 1 fully saturated rings. The topological polar surface area (TPSA) is 83.6 Å². The Kier molecular flexibility index (Phi) is 4.93. The van der Waals surface area contributed by atoms with Gasteiger partial charge < -0.3 is 15.7 Å². The van der Waals surface area contributed by atoms with Crippen LogP contribution in [-0.4, -0.2) is 41.0 Å². The lowest BCUT2D eigenvalue weighted by Crippen LogP contribution is -2.41. The van der Waals surface area contributed by atoms with Crippen molar-refractivity contribution in [2.24, 2.45) is 17.6 Å². The van der Waals surface area contributed by atoms with E-state index in [1.807, 2.05) is 13.8 Å². The van der Waals surface area contributed by atoms with E-state index in [2.05, 4.69) is 0 Å². The standard InChI is InChI=1S/C12H22N2O3/c1-8(2)6-14(7-11(15)16)12(17)9-3-4-10(13)5-9/h8-10H,3-7,13H2,1-2H3,(H,15,16). The first kappa shape index (κ1) is 14.0. The van der Waals surface area contributed by atoms with Crippen molar-refractivity contribution in [2.45, 2.75) is 39.2 Å². The molecule has 0 aromatic rings. The van der Waals surface area contributed by atoms with E-state index in [1.165, 1.54) is 4.90 Å². The van der Waals surface area contributed by atoms with Gasteiger partial charge in [-0.05, 0) is 25.2 Å². The van der Waals surface area contributed by atoms with Crippen LogP contribution in [-0.2, 0) is 9.59 Å². The summed E-state index contributed by atoms with van der Waals surface area (Å²) in [5, 5.41) is 8.82. The van der Waals surface area contributed by atoms with Crippen LogP contribution < -0.4 is 5.73 Å². The van der Waals surface area contributed by atoms with Gasteiger partial charge in [0, 0.05) is 18.5 Å². The molecule has 0 radical (unpaired) electrons. The maximum atomic E-state index is 12.2. The number of nitrogens with two attached hydrogens (primary N) is 1. The van der Waals surface area contributed by atoms with Crippen LogP contribution in [0.25, 0.3) is 0 Å². The molecule has 2 unspecified atom stereocenters. The minimum Gasteiger partial charge on any atom is -0.480 e. The fraction of sp³-hybridized carbons (Fsp3) is 0.833. The average Bonchev–Trinajstić information content (AvgIpc) is 2.61. The molecule has 0 spiro atoms. The molecule has 5 nitrogen and oxygen atoms in total. The maximum absolute atomic E-state index is 12.2. The van der Waals surface area contributed by atoms with E-state index in [-0.39, 0.29) is 30.3 Å². The monoisotopic (exact) mass is 242 g/mol. The number of rotatable bonds is 5. The molecule has 0 saturated heterocycles. The van der Waals surface area contributed by atoms with Crippen molar-refractivity contribution in [2.75, 3.05) is 13.1 Å². The molecule has 0 bridgehead atoms. The number of hydrogen-bond acceptors (Lipinski definition) is 3. The minimum atomic E-state index is -0.957. The summed E-state index contributed by atoms with van der Waals surface area (Å²) in [4.78, 5) is 24.4. The van der Waals surface area contributed by atoms with Crippen molar-refractivity contribution >= 4 is 11.9 Å². The van der Waals surface area contributed by atoms with E-state index in [0.717, 1.165) is 12.8 Å². The first-order chi connectivity index (χ1) is 7.90. The number of carbonyl (C=O) groups excluding carboxylic acids is 1. The van der Waals surface area contributed by atoms with Crippen LogP contribution in [0.1, 0.15) is 33.1 Å². The van der Waals surface area contributed by atoms with Crippen LogP contribution in [0.3, 0.4) is 0 Å². The van der Waals surface area contributed by atoms with Crippen molar-refractivity contribution in [1.82, 2.24) is 4.90 Å². The number of carboxylic acids is 1. The third kappa shape index (κ3) is 4.34. The van der Waals surface area contributed by atoms with Gasteiger partial charge in [0.15, 0.2) is 0 Å². The summed E-state index contributed by atoms with van der Waals surface area (Å²) in [6.07, 6.45) is 2.33. The normalized spacial score (nSPS) is 24.0. The smallest absolute Gasteiger partial charge is 0.323 e. The highest BCUT2D eigenvalue weighted by Crippen LogP contribution is 2.26. The van der Waals surface area contributed by atoms with Gasteiger partial charge in [-0.25, -0.2) is 0 Å². The Morgan fingerprint density at radius 2 is 2.06 bits per heavy atom. The van der Waals surface area contributed by atoms with Gasteiger partial charge in [-0.2, -0.15) is 0 Å². The summed E-state index contributed by atoms with van der Waals surface area (Å²) in [7, 11) is 0. The van der Waals surface area contributed by atoms with E-state index in [4.69, 9.17) is 10.8 Å². The van der Waals surface area contributed by atoms with E-state index < -0.39 is 5.97 Å². The van der Waals surface area contributed by atoms with Crippen LogP contribution in [0.2, 0.25) is 0 Å². The predicted octanol–water partition coefficient (Wildman–Crippen LogP) is 0.683. The van der Waals surface area contributed by atoms with Crippen molar-refractivity contribution < 1.29 is 14.7 Å². The number of aliphatic carboxylic acids is 1. The Labute approximate surface area is 102 Å². The predicted molar refractivity (Wildman–Crippen MR) is 64.4 cm³/mol. The van der Waals surface area contributed by atoms with Gasteiger partial charge >= 0.3 is 5.97 Å². The molecule has 0 aliphatic heterocycles. The lowest BCUT2D eigenvalue weighted by atomic mass is 10.1. The SMILES string of the molecule is CC(C)CN(CC(=O)O)C(=O)C1CCC(N)C1. The molecule has 0 heterocycles. The number of hydrogen-bond donors (Lipinski definition) is 2. The Bertz CT molecular complexity index is 291. The lowest BCUT2D eigenvalue weighted by Gasteiger charge is -2.25. The van der Waals surface area contributed by atoms with Gasteiger partial charge in [0.2, 0.25) is 5.91 Å². The maximum Gasteiger partial charge on any atom is 0.323 e. The van der Waals surface area contributed by atoms with Gasteiger partial charge in [-0.3, -0.25) is 9.59 Å². The number of carbonyl (C=O) groups is 2. The summed E-state index contributed by atoms with van der Waals surface area (Å²) in [5.41, 5.74) is 5.78. The molecule has 1 amide bonds. The van der Waals surface area contributed by atoms with Crippen LogP contribution in [0.4, 0.5) is 0 Å². The number of amides is 1. The van der Waals surface area contributed by atoms with E-state index in [0.29, 0.717) is 13.0 Å². The zero-order valence-corrected chi connectivity index (χ0v) is 10.6. The first-order valence-corrected chi connectivity index (χ1v) is 6.16. The highest BCUT2D eigenvalue weighted by Gasteiger charge is 2.31. The second kappa shape index (κ2) is 6.00. The van der Waals surface area contributed by atoms with E-state index in [9.17, 15) is 9.59 Å². The summed E-state index contributed by atoms with van der Waals surface area (Å²) in [6, 6.07) is 0.0923. The Morgan fingerprint density at radius 1 is 1.41 bits per heavy atom. The molecule has 5 heteroatoms. The molecule has 1 aliphatic rings. The van der Waals surface area contributed by atoms with Crippen LogP contribution in [0.5, 0.6) is 0 Å². The molecule has 1 aliphatic carbocycles. The second-order valence-corrected chi connectivity index (χ2v) is 5.28. The molecule has 3 N–H and O–H groups in total. The zero-order valence-electron chi connectivity index (χ0n) is 10.6. The van der Waals surface area contributed by atoms with E-state index in [1.54, 1.807) is 0 Å². The third-order valence-corrected chi connectivity index (χ3v) is 3.05. The minimum absolute atomic E-state index is 0.0472.